The van der Waals surface area contributed by atoms with E-state index in [2.05, 4.69) is 23.5 Å². The Morgan fingerprint density at radius 1 is 1.35 bits per heavy atom. The summed E-state index contributed by atoms with van der Waals surface area (Å²) in [5, 5.41) is 5.29. The molecule has 104 valence electrons. The summed E-state index contributed by atoms with van der Waals surface area (Å²) in [5.41, 5.74) is 7.85. The average molecular weight is 286 g/mol. The van der Waals surface area contributed by atoms with E-state index in [9.17, 15) is 4.79 Å². The number of hydrogen-bond acceptors (Lipinski definition) is 3. The van der Waals surface area contributed by atoms with Crippen molar-refractivity contribution in [1.29, 1.82) is 0 Å². The molecule has 1 atom stereocenters. The molecular weight excluding hydrogens is 268 g/mol. The zero-order valence-electron chi connectivity index (χ0n) is 11.2. The van der Waals surface area contributed by atoms with E-state index in [0.29, 0.717) is 12.5 Å². The number of carbonyl (C=O) groups is 1. The van der Waals surface area contributed by atoms with E-state index in [4.69, 9.17) is 5.73 Å². The highest BCUT2D eigenvalue weighted by atomic mass is 32.1. The minimum absolute atomic E-state index is 0.325. The van der Waals surface area contributed by atoms with Gasteiger partial charge in [0.25, 0.3) is 0 Å². The maximum absolute atomic E-state index is 11.7. The van der Waals surface area contributed by atoms with Crippen LogP contribution in [0, 0.1) is 0 Å². The second kappa shape index (κ2) is 5.77. The zero-order chi connectivity index (χ0) is 13.9. The first-order valence-corrected chi connectivity index (χ1v) is 7.77. The molecule has 0 saturated heterocycles. The molecule has 1 amide bonds. The molecule has 1 fully saturated rings. The maximum Gasteiger partial charge on any atom is 0.239 e. The van der Waals surface area contributed by atoms with Crippen LogP contribution in [0.4, 0.5) is 0 Å². The van der Waals surface area contributed by atoms with Crippen molar-refractivity contribution < 1.29 is 4.79 Å². The lowest BCUT2D eigenvalue weighted by Gasteiger charge is -2.16. The van der Waals surface area contributed by atoms with Crippen LogP contribution < -0.4 is 11.1 Å². The van der Waals surface area contributed by atoms with Gasteiger partial charge in [-0.1, -0.05) is 30.3 Å². The van der Waals surface area contributed by atoms with Gasteiger partial charge in [0.1, 0.15) is 6.04 Å². The molecular formula is C16H18N2OS. The Hall–Kier alpha value is -1.65. The SMILES string of the molecule is NC(=O)C(NCc1cccs1)c1cccc(C2CC2)c1. The summed E-state index contributed by atoms with van der Waals surface area (Å²) in [6.45, 7) is 0.666. The largest absolute Gasteiger partial charge is 0.368 e. The molecule has 1 aromatic carbocycles. The second-order valence-electron chi connectivity index (χ2n) is 5.24. The summed E-state index contributed by atoms with van der Waals surface area (Å²) >= 11 is 1.68. The second-order valence-corrected chi connectivity index (χ2v) is 6.27. The van der Waals surface area contributed by atoms with Gasteiger partial charge < -0.3 is 5.73 Å². The fourth-order valence-electron chi connectivity index (χ4n) is 2.41. The Balaban J connectivity index is 1.75. The number of hydrogen-bond donors (Lipinski definition) is 2. The third-order valence-electron chi connectivity index (χ3n) is 3.64. The van der Waals surface area contributed by atoms with Gasteiger partial charge in [0.05, 0.1) is 0 Å². The van der Waals surface area contributed by atoms with Crippen molar-refractivity contribution in [3.8, 4) is 0 Å². The van der Waals surface area contributed by atoms with Gasteiger partial charge >= 0.3 is 0 Å². The van der Waals surface area contributed by atoms with E-state index in [0.717, 1.165) is 5.56 Å². The van der Waals surface area contributed by atoms with Crippen LogP contribution in [0.2, 0.25) is 0 Å². The number of rotatable bonds is 6. The smallest absolute Gasteiger partial charge is 0.239 e. The topological polar surface area (TPSA) is 55.1 Å². The molecule has 3 N–H and O–H groups in total. The van der Waals surface area contributed by atoms with Crippen LogP contribution >= 0.6 is 11.3 Å². The van der Waals surface area contributed by atoms with Crippen molar-refractivity contribution in [1.82, 2.24) is 5.32 Å². The lowest BCUT2D eigenvalue weighted by atomic mass is 10.0. The van der Waals surface area contributed by atoms with Gasteiger partial charge in [-0.2, -0.15) is 0 Å². The number of primary amides is 1. The van der Waals surface area contributed by atoms with Crippen LogP contribution in [0.15, 0.2) is 41.8 Å². The normalized spacial score (nSPS) is 16.0. The van der Waals surface area contributed by atoms with Gasteiger partial charge in [-0.05, 0) is 41.3 Å². The highest BCUT2D eigenvalue weighted by Gasteiger charge is 2.25. The number of amides is 1. The Morgan fingerprint density at radius 3 is 2.85 bits per heavy atom. The van der Waals surface area contributed by atoms with Crippen molar-refractivity contribution in [2.24, 2.45) is 5.73 Å². The van der Waals surface area contributed by atoms with Crippen LogP contribution in [0.1, 0.15) is 40.8 Å². The molecule has 1 aromatic heterocycles. The van der Waals surface area contributed by atoms with Gasteiger partial charge in [0.15, 0.2) is 0 Å². The zero-order valence-corrected chi connectivity index (χ0v) is 12.0. The maximum atomic E-state index is 11.7. The predicted molar refractivity (Wildman–Crippen MR) is 81.5 cm³/mol. The number of benzene rings is 1. The lowest BCUT2D eigenvalue weighted by Crippen LogP contribution is -2.33. The summed E-state index contributed by atoms with van der Waals surface area (Å²) in [6.07, 6.45) is 2.51. The molecule has 1 unspecified atom stereocenters. The third kappa shape index (κ3) is 3.08. The molecule has 0 bridgehead atoms. The van der Waals surface area contributed by atoms with E-state index in [1.54, 1.807) is 11.3 Å². The minimum Gasteiger partial charge on any atom is -0.368 e. The molecule has 1 aliphatic carbocycles. The van der Waals surface area contributed by atoms with E-state index < -0.39 is 6.04 Å². The third-order valence-corrected chi connectivity index (χ3v) is 4.51. The molecule has 1 saturated carbocycles. The Bertz CT molecular complexity index is 590. The first-order valence-electron chi connectivity index (χ1n) is 6.89. The Labute approximate surface area is 122 Å². The molecule has 20 heavy (non-hydrogen) atoms. The standard InChI is InChI=1S/C16H18N2OS/c17-16(19)15(18-10-14-5-2-8-20-14)13-4-1-3-12(9-13)11-6-7-11/h1-5,8-9,11,15,18H,6-7,10H2,(H2,17,19). The first-order chi connectivity index (χ1) is 9.74. The van der Waals surface area contributed by atoms with E-state index >= 15 is 0 Å². The van der Waals surface area contributed by atoms with E-state index in [1.165, 1.54) is 23.3 Å². The lowest BCUT2D eigenvalue weighted by molar-refractivity contribution is -0.120. The fourth-order valence-corrected chi connectivity index (χ4v) is 3.06. The minimum atomic E-state index is -0.421. The van der Waals surface area contributed by atoms with Gasteiger partial charge in [-0.15, -0.1) is 11.3 Å². The quantitative estimate of drug-likeness (QED) is 0.858. The van der Waals surface area contributed by atoms with Crippen LogP contribution in [0.25, 0.3) is 0 Å². The molecule has 4 heteroatoms. The number of nitrogens with two attached hydrogens (primary N) is 1. The van der Waals surface area contributed by atoms with E-state index in [-0.39, 0.29) is 5.91 Å². The van der Waals surface area contributed by atoms with E-state index in [1.807, 2.05) is 23.6 Å². The number of carbonyl (C=O) groups excluding carboxylic acids is 1. The first kappa shape index (κ1) is 13.3. The van der Waals surface area contributed by atoms with Crippen LogP contribution in [0.5, 0.6) is 0 Å². The predicted octanol–water partition coefficient (Wildman–Crippen LogP) is 2.94. The summed E-state index contributed by atoms with van der Waals surface area (Å²) in [5.74, 6) is 0.357. The van der Waals surface area contributed by atoms with Gasteiger partial charge in [-0.3, -0.25) is 10.1 Å². The summed E-state index contributed by atoms with van der Waals surface area (Å²) < 4.78 is 0. The van der Waals surface area contributed by atoms with Crippen molar-refractivity contribution in [2.45, 2.75) is 31.3 Å². The van der Waals surface area contributed by atoms with Crippen LogP contribution in [-0.4, -0.2) is 5.91 Å². The monoisotopic (exact) mass is 286 g/mol. The highest BCUT2D eigenvalue weighted by molar-refractivity contribution is 7.09. The summed E-state index contributed by atoms with van der Waals surface area (Å²) in [4.78, 5) is 12.9. The molecule has 3 nitrogen and oxygen atoms in total. The number of nitrogens with one attached hydrogen (secondary N) is 1. The number of thiophene rings is 1. The Morgan fingerprint density at radius 2 is 2.20 bits per heavy atom. The van der Waals surface area contributed by atoms with Crippen molar-refractivity contribution in [3.63, 3.8) is 0 Å². The highest BCUT2D eigenvalue weighted by Crippen LogP contribution is 2.40. The van der Waals surface area contributed by atoms with Crippen molar-refractivity contribution in [2.75, 3.05) is 0 Å². The van der Waals surface area contributed by atoms with Gasteiger partial charge in [-0.25, -0.2) is 0 Å². The average Bonchev–Trinajstić information content (AvgIpc) is 3.17. The molecule has 1 aliphatic rings. The molecule has 2 aromatic rings. The molecule has 0 aliphatic heterocycles. The molecule has 1 heterocycles. The fraction of sp³-hybridized carbons (Fsp3) is 0.312. The summed E-state index contributed by atoms with van der Waals surface area (Å²) in [6, 6.07) is 11.9. The van der Waals surface area contributed by atoms with Crippen molar-refractivity contribution in [3.05, 3.63) is 57.8 Å². The van der Waals surface area contributed by atoms with Gasteiger partial charge in [0, 0.05) is 11.4 Å². The van der Waals surface area contributed by atoms with Gasteiger partial charge in [0.2, 0.25) is 5.91 Å². The molecule has 0 spiro atoms. The summed E-state index contributed by atoms with van der Waals surface area (Å²) in [7, 11) is 0. The van der Waals surface area contributed by atoms with Crippen LogP contribution in [0.3, 0.4) is 0 Å². The Kier molecular flexibility index (Phi) is 3.85. The molecule has 0 radical (unpaired) electrons. The van der Waals surface area contributed by atoms with Crippen LogP contribution in [-0.2, 0) is 11.3 Å². The molecule has 3 rings (SSSR count). The van der Waals surface area contributed by atoms with Crippen molar-refractivity contribution >= 4 is 17.2 Å².